The van der Waals surface area contributed by atoms with Gasteiger partial charge in [-0.3, -0.25) is 4.79 Å². The van der Waals surface area contributed by atoms with Gasteiger partial charge in [0.15, 0.2) is 0 Å². The maximum atomic E-state index is 10.1. The molecule has 0 bridgehead atoms. The van der Waals surface area contributed by atoms with Crippen molar-refractivity contribution in [1.29, 1.82) is 0 Å². The third kappa shape index (κ3) is 3.71. The van der Waals surface area contributed by atoms with Crippen LogP contribution in [0.3, 0.4) is 0 Å². The molecule has 0 aromatic rings. The highest BCUT2D eigenvalue weighted by Gasteiger charge is 2.09. The Balaban J connectivity index is 3.49. The lowest BCUT2D eigenvalue weighted by Crippen LogP contribution is -2.35. The molecule has 0 heterocycles. The van der Waals surface area contributed by atoms with Crippen molar-refractivity contribution in [1.82, 2.24) is 5.32 Å². The number of aliphatic carboxylic acids is 1. The summed E-state index contributed by atoms with van der Waals surface area (Å²) in [5, 5.41) is 10.5. The van der Waals surface area contributed by atoms with Gasteiger partial charge in [-0.1, -0.05) is 6.92 Å². The van der Waals surface area contributed by atoms with Crippen molar-refractivity contribution in [2.75, 3.05) is 6.54 Å². The van der Waals surface area contributed by atoms with Crippen LogP contribution in [0.25, 0.3) is 0 Å². The van der Waals surface area contributed by atoms with Crippen LogP contribution >= 0.6 is 0 Å². The van der Waals surface area contributed by atoms with Gasteiger partial charge < -0.3 is 16.2 Å². The van der Waals surface area contributed by atoms with Crippen molar-refractivity contribution in [3.63, 3.8) is 0 Å². The topological polar surface area (TPSA) is 92.4 Å². The molecule has 0 fully saturated rings. The number of hydrogen-bond acceptors (Lipinski definition) is 2. The van der Waals surface area contributed by atoms with Crippen LogP contribution in [0, 0.1) is 5.92 Å². The average molecular weight is 146 g/mol. The summed E-state index contributed by atoms with van der Waals surface area (Å²) in [4.78, 5) is 20.2. The van der Waals surface area contributed by atoms with Crippen molar-refractivity contribution < 1.29 is 14.7 Å². The van der Waals surface area contributed by atoms with Gasteiger partial charge in [-0.05, 0) is 0 Å². The van der Waals surface area contributed by atoms with Crippen molar-refractivity contribution in [2.24, 2.45) is 11.7 Å². The van der Waals surface area contributed by atoms with E-state index in [1.54, 1.807) is 0 Å². The predicted octanol–water partition coefficient (Wildman–Crippen LogP) is -0.625. The van der Waals surface area contributed by atoms with E-state index in [0.29, 0.717) is 0 Å². The Morgan fingerprint density at radius 2 is 2.20 bits per heavy atom. The highest BCUT2D eigenvalue weighted by molar-refractivity contribution is 5.74. The van der Waals surface area contributed by atoms with E-state index in [1.807, 2.05) is 0 Å². The number of urea groups is 1. The van der Waals surface area contributed by atoms with Gasteiger partial charge in [0.05, 0.1) is 5.92 Å². The Bertz CT molecular complexity index is 146. The quantitative estimate of drug-likeness (QED) is 0.495. The SMILES string of the molecule is C[C@@H](CNC(N)=O)C(=O)O. The molecule has 0 aliphatic rings. The lowest BCUT2D eigenvalue weighted by atomic mass is 10.2. The largest absolute Gasteiger partial charge is 0.481 e. The van der Waals surface area contributed by atoms with Gasteiger partial charge >= 0.3 is 12.0 Å². The molecule has 0 saturated heterocycles. The van der Waals surface area contributed by atoms with Gasteiger partial charge in [-0.2, -0.15) is 0 Å². The second-order valence-corrected chi connectivity index (χ2v) is 1.98. The standard InChI is InChI=1S/C5H10N2O3/c1-3(4(8)9)2-7-5(6)10/h3H,2H2,1H3,(H,8,9)(H3,6,7,10)/t3-/m0/s1. The Morgan fingerprint density at radius 3 is 2.50 bits per heavy atom. The maximum Gasteiger partial charge on any atom is 0.312 e. The highest BCUT2D eigenvalue weighted by Crippen LogP contribution is 1.89. The van der Waals surface area contributed by atoms with Crippen LogP contribution in [-0.2, 0) is 4.79 Å². The fraction of sp³-hybridized carbons (Fsp3) is 0.600. The normalized spacial score (nSPS) is 12.1. The number of carbonyl (C=O) groups excluding carboxylic acids is 1. The van der Waals surface area contributed by atoms with Gasteiger partial charge in [-0.25, -0.2) is 4.79 Å². The molecule has 2 amide bonds. The van der Waals surface area contributed by atoms with Gasteiger partial charge in [0.1, 0.15) is 0 Å². The third-order valence-corrected chi connectivity index (χ3v) is 1.00. The summed E-state index contributed by atoms with van der Waals surface area (Å²) in [6, 6.07) is -0.701. The van der Waals surface area contributed by atoms with Crippen molar-refractivity contribution in [2.45, 2.75) is 6.92 Å². The molecule has 5 nitrogen and oxygen atoms in total. The molecule has 0 aliphatic heterocycles. The number of primary amides is 1. The minimum absolute atomic E-state index is 0.0741. The predicted molar refractivity (Wildman–Crippen MR) is 34.4 cm³/mol. The maximum absolute atomic E-state index is 10.1. The van der Waals surface area contributed by atoms with Crippen LogP contribution < -0.4 is 11.1 Å². The Kier molecular flexibility index (Phi) is 3.24. The lowest BCUT2D eigenvalue weighted by molar-refractivity contribution is -0.140. The van der Waals surface area contributed by atoms with Crippen LogP contribution in [0.1, 0.15) is 6.92 Å². The first-order valence-corrected chi connectivity index (χ1v) is 2.80. The monoisotopic (exact) mass is 146 g/mol. The number of carbonyl (C=O) groups is 2. The van der Waals surface area contributed by atoms with E-state index in [0.717, 1.165) is 0 Å². The van der Waals surface area contributed by atoms with E-state index >= 15 is 0 Å². The number of nitrogens with two attached hydrogens (primary N) is 1. The molecule has 0 spiro atoms. The van der Waals surface area contributed by atoms with E-state index in [9.17, 15) is 9.59 Å². The summed E-state index contributed by atoms with van der Waals surface area (Å²) in [5.41, 5.74) is 4.70. The number of hydrogen-bond donors (Lipinski definition) is 3. The molecule has 5 heteroatoms. The number of rotatable bonds is 3. The zero-order valence-corrected chi connectivity index (χ0v) is 5.63. The van der Waals surface area contributed by atoms with Crippen LogP contribution in [0.5, 0.6) is 0 Å². The van der Waals surface area contributed by atoms with Crippen molar-refractivity contribution >= 4 is 12.0 Å². The number of nitrogens with one attached hydrogen (secondary N) is 1. The summed E-state index contributed by atoms with van der Waals surface area (Å²) in [5.74, 6) is -1.54. The average Bonchev–Trinajstić information content (AvgIpc) is 1.82. The van der Waals surface area contributed by atoms with E-state index in [1.165, 1.54) is 6.92 Å². The minimum atomic E-state index is -0.950. The summed E-state index contributed by atoms with van der Waals surface area (Å²) in [6.45, 7) is 1.56. The zero-order chi connectivity index (χ0) is 8.15. The van der Waals surface area contributed by atoms with Gasteiger partial charge in [0.25, 0.3) is 0 Å². The first kappa shape index (κ1) is 8.74. The summed E-state index contributed by atoms with van der Waals surface area (Å²) < 4.78 is 0. The molecule has 0 rings (SSSR count). The lowest BCUT2D eigenvalue weighted by Gasteiger charge is -2.04. The minimum Gasteiger partial charge on any atom is -0.481 e. The Morgan fingerprint density at radius 1 is 1.70 bits per heavy atom. The van der Waals surface area contributed by atoms with E-state index in [4.69, 9.17) is 10.8 Å². The van der Waals surface area contributed by atoms with E-state index < -0.39 is 17.9 Å². The van der Waals surface area contributed by atoms with Gasteiger partial charge in [0.2, 0.25) is 0 Å². The first-order chi connectivity index (χ1) is 4.54. The van der Waals surface area contributed by atoms with Gasteiger partial charge in [-0.15, -0.1) is 0 Å². The number of carboxylic acid groups (broad SMARTS) is 1. The number of amides is 2. The third-order valence-electron chi connectivity index (χ3n) is 1.00. The second-order valence-electron chi connectivity index (χ2n) is 1.98. The Labute approximate surface area is 58.2 Å². The van der Waals surface area contributed by atoms with Crippen LogP contribution in [0.15, 0.2) is 0 Å². The fourth-order valence-corrected chi connectivity index (χ4v) is 0.341. The second kappa shape index (κ2) is 3.71. The molecule has 0 saturated carbocycles. The van der Waals surface area contributed by atoms with Crippen molar-refractivity contribution in [3.05, 3.63) is 0 Å². The Hall–Kier alpha value is -1.26. The summed E-state index contributed by atoms with van der Waals surface area (Å²) in [6.07, 6.45) is 0. The summed E-state index contributed by atoms with van der Waals surface area (Å²) >= 11 is 0. The smallest absolute Gasteiger partial charge is 0.312 e. The molecule has 1 atom stereocenters. The molecule has 58 valence electrons. The summed E-state index contributed by atoms with van der Waals surface area (Å²) in [7, 11) is 0. The van der Waals surface area contributed by atoms with Crippen molar-refractivity contribution in [3.8, 4) is 0 Å². The fourth-order valence-electron chi connectivity index (χ4n) is 0.341. The van der Waals surface area contributed by atoms with E-state index in [2.05, 4.69) is 5.32 Å². The molecule has 0 radical (unpaired) electrons. The molecule has 10 heavy (non-hydrogen) atoms. The van der Waals surface area contributed by atoms with E-state index in [-0.39, 0.29) is 6.54 Å². The number of carboxylic acids is 1. The van der Waals surface area contributed by atoms with Crippen LogP contribution in [-0.4, -0.2) is 23.7 Å². The first-order valence-electron chi connectivity index (χ1n) is 2.80. The molecule has 0 aromatic carbocycles. The molecular weight excluding hydrogens is 136 g/mol. The molecule has 4 N–H and O–H groups in total. The zero-order valence-electron chi connectivity index (χ0n) is 5.63. The molecular formula is C5H10N2O3. The van der Waals surface area contributed by atoms with Crippen LogP contribution in [0.4, 0.5) is 4.79 Å². The molecule has 0 aromatic heterocycles. The molecule has 0 aliphatic carbocycles. The highest BCUT2D eigenvalue weighted by atomic mass is 16.4. The van der Waals surface area contributed by atoms with Gasteiger partial charge in [0, 0.05) is 6.54 Å². The van der Waals surface area contributed by atoms with Crippen LogP contribution in [0.2, 0.25) is 0 Å². The molecule has 0 unspecified atom stereocenters.